The second kappa shape index (κ2) is 4.60. The van der Waals surface area contributed by atoms with Crippen molar-refractivity contribution in [2.45, 2.75) is 19.4 Å². The highest BCUT2D eigenvalue weighted by Crippen LogP contribution is 2.18. The van der Waals surface area contributed by atoms with Gasteiger partial charge < -0.3 is 9.47 Å². The third-order valence-electron chi connectivity index (χ3n) is 1.97. The fourth-order valence-corrected chi connectivity index (χ4v) is 1.14. The first kappa shape index (κ1) is 11.2. The SMILES string of the molecule is C=C(C)C(=O)OC1COC(=O)C(C#N)C1. The minimum Gasteiger partial charge on any atom is -0.461 e. The van der Waals surface area contributed by atoms with E-state index in [9.17, 15) is 9.59 Å². The Hall–Kier alpha value is -1.83. The number of hydrogen-bond donors (Lipinski definition) is 0. The summed E-state index contributed by atoms with van der Waals surface area (Å²) in [5.74, 6) is -1.93. The summed E-state index contributed by atoms with van der Waals surface area (Å²) in [5, 5.41) is 8.61. The Balaban J connectivity index is 2.53. The van der Waals surface area contributed by atoms with Crippen LogP contribution in [0.3, 0.4) is 0 Å². The van der Waals surface area contributed by atoms with Crippen molar-refractivity contribution in [1.82, 2.24) is 0 Å². The van der Waals surface area contributed by atoms with Crippen molar-refractivity contribution in [2.24, 2.45) is 5.92 Å². The molecule has 1 saturated heterocycles. The molecule has 0 aromatic carbocycles. The van der Waals surface area contributed by atoms with Crippen LogP contribution in [0.25, 0.3) is 0 Å². The predicted molar refractivity (Wildman–Crippen MR) is 49.4 cm³/mol. The summed E-state index contributed by atoms with van der Waals surface area (Å²) in [6.45, 7) is 4.96. The molecule has 0 saturated carbocycles. The lowest BCUT2D eigenvalue weighted by atomic mass is 10.0. The van der Waals surface area contributed by atoms with Gasteiger partial charge in [-0.05, 0) is 6.92 Å². The van der Waals surface area contributed by atoms with E-state index >= 15 is 0 Å². The molecule has 0 N–H and O–H groups in total. The van der Waals surface area contributed by atoms with E-state index in [2.05, 4.69) is 6.58 Å². The lowest BCUT2D eigenvalue weighted by molar-refractivity contribution is -0.167. The van der Waals surface area contributed by atoms with Gasteiger partial charge in [-0.1, -0.05) is 6.58 Å². The van der Waals surface area contributed by atoms with Gasteiger partial charge in [0.15, 0.2) is 0 Å². The molecule has 0 aromatic heterocycles. The third kappa shape index (κ3) is 2.81. The topological polar surface area (TPSA) is 76.4 Å². The van der Waals surface area contributed by atoms with Gasteiger partial charge in [0.1, 0.15) is 18.6 Å². The normalized spacial score (nSPS) is 24.9. The molecule has 15 heavy (non-hydrogen) atoms. The quantitative estimate of drug-likeness (QED) is 0.490. The molecule has 0 amide bonds. The molecule has 2 atom stereocenters. The second-order valence-corrected chi connectivity index (χ2v) is 3.36. The van der Waals surface area contributed by atoms with Crippen LogP contribution in [0.4, 0.5) is 0 Å². The van der Waals surface area contributed by atoms with Crippen LogP contribution in [0.15, 0.2) is 12.2 Å². The van der Waals surface area contributed by atoms with Crippen LogP contribution in [-0.2, 0) is 19.1 Å². The van der Waals surface area contributed by atoms with Crippen molar-refractivity contribution < 1.29 is 19.1 Å². The summed E-state index contributed by atoms with van der Waals surface area (Å²) in [7, 11) is 0. The van der Waals surface area contributed by atoms with Crippen LogP contribution in [0.5, 0.6) is 0 Å². The molecule has 0 aromatic rings. The highest BCUT2D eigenvalue weighted by molar-refractivity contribution is 5.87. The minimum absolute atomic E-state index is 0.00995. The predicted octanol–water partition coefficient (Wildman–Crippen LogP) is 0.561. The van der Waals surface area contributed by atoms with Gasteiger partial charge in [-0.15, -0.1) is 0 Å². The van der Waals surface area contributed by atoms with E-state index in [1.807, 2.05) is 0 Å². The zero-order valence-electron chi connectivity index (χ0n) is 8.36. The molecule has 1 heterocycles. The maximum atomic E-state index is 11.1. The molecule has 5 nitrogen and oxygen atoms in total. The van der Waals surface area contributed by atoms with Crippen LogP contribution < -0.4 is 0 Å². The highest BCUT2D eigenvalue weighted by Gasteiger charge is 2.32. The molecular weight excluding hydrogens is 198 g/mol. The van der Waals surface area contributed by atoms with Gasteiger partial charge in [-0.25, -0.2) is 4.79 Å². The Kier molecular flexibility index (Phi) is 3.45. The first-order chi connectivity index (χ1) is 7.04. The van der Waals surface area contributed by atoms with Crippen molar-refractivity contribution in [2.75, 3.05) is 6.61 Å². The number of rotatable bonds is 2. The first-order valence-electron chi connectivity index (χ1n) is 4.47. The molecule has 1 aliphatic rings. The van der Waals surface area contributed by atoms with Crippen LogP contribution >= 0.6 is 0 Å². The molecule has 1 rings (SSSR count). The standard InChI is InChI=1S/C10H11NO4/c1-6(2)9(12)15-8-3-7(4-11)10(13)14-5-8/h7-8H,1,3,5H2,2H3. The molecule has 0 spiro atoms. The van der Waals surface area contributed by atoms with Gasteiger partial charge in [0.05, 0.1) is 6.07 Å². The number of carbonyl (C=O) groups is 2. The van der Waals surface area contributed by atoms with Crippen molar-refractivity contribution in [1.29, 1.82) is 5.26 Å². The van der Waals surface area contributed by atoms with Crippen molar-refractivity contribution in [3.8, 4) is 6.07 Å². The van der Waals surface area contributed by atoms with E-state index in [4.69, 9.17) is 14.7 Å². The average molecular weight is 209 g/mol. The molecule has 5 heteroatoms. The van der Waals surface area contributed by atoms with Gasteiger partial charge in [0, 0.05) is 12.0 Å². The molecule has 0 bridgehead atoms. The number of cyclic esters (lactones) is 1. The summed E-state index contributed by atoms with van der Waals surface area (Å²) in [6, 6.07) is 1.80. The van der Waals surface area contributed by atoms with E-state index in [0.29, 0.717) is 0 Å². The Morgan fingerprint density at radius 2 is 2.40 bits per heavy atom. The molecule has 0 radical (unpaired) electrons. The number of nitriles is 1. The lowest BCUT2D eigenvalue weighted by Crippen LogP contribution is -2.36. The fourth-order valence-electron chi connectivity index (χ4n) is 1.14. The summed E-state index contributed by atoms with van der Waals surface area (Å²) < 4.78 is 9.67. The van der Waals surface area contributed by atoms with Crippen molar-refractivity contribution in [3.63, 3.8) is 0 Å². The maximum Gasteiger partial charge on any atom is 0.333 e. The van der Waals surface area contributed by atoms with Gasteiger partial charge in [-0.3, -0.25) is 4.79 Å². The molecular formula is C10H11NO4. The van der Waals surface area contributed by atoms with Gasteiger partial charge in [0.2, 0.25) is 0 Å². The van der Waals surface area contributed by atoms with Gasteiger partial charge in [-0.2, -0.15) is 5.26 Å². The van der Waals surface area contributed by atoms with Crippen LogP contribution in [0.1, 0.15) is 13.3 Å². The summed E-state index contributed by atoms with van der Waals surface area (Å²) >= 11 is 0. The molecule has 1 fully saturated rings. The molecule has 0 aliphatic carbocycles. The second-order valence-electron chi connectivity index (χ2n) is 3.36. The Morgan fingerprint density at radius 1 is 1.73 bits per heavy atom. The van der Waals surface area contributed by atoms with Gasteiger partial charge in [0.25, 0.3) is 0 Å². The Labute approximate surface area is 87.3 Å². The number of esters is 2. The summed E-state index contributed by atoms with van der Waals surface area (Å²) in [5.41, 5.74) is 0.278. The zero-order chi connectivity index (χ0) is 11.4. The third-order valence-corrected chi connectivity index (χ3v) is 1.97. The zero-order valence-corrected chi connectivity index (χ0v) is 8.36. The van der Waals surface area contributed by atoms with Gasteiger partial charge >= 0.3 is 11.9 Å². The van der Waals surface area contributed by atoms with E-state index in [-0.39, 0.29) is 18.6 Å². The Bertz CT molecular complexity index is 342. The van der Waals surface area contributed by atoms with Crippen molar-refractivity contribution >= 4 is 11.9 Å². The molecule has 2 unspecified atom stereocenters. The summed E-state index contributed by atoms with van der Waals surface area (Å²) in [4.78, 5) is 22.1. The maximum absolute atomic E-state index is 11.1. The molecule has 1 aliphatic heterocycles. The van der Waals surface area contributed by atoms with E-state index < -0.39 is 24.0 Å². The lowest BCUT2D eigenvalue weighted by Gasteiger charge is -2.24. The number of ether oxygens (including phenoxy) is 2. The minimum atomic E-state index is -0.846. The number of carbonyl (C=O) groups excluding carboxylic acids is 2. The van der Waals surface area contributed by atoms with E-state index in [1.165, 1.54) is 6.92 Å². The first-order valence-corrected chi connectivity index (χ1v) is 4.47. The number of hydrogen-bond acceptors (Lipinski definition) is 5. The van der Waals surface area contributed by atoms with E-state index in [1.54, 1.807) is 6.07 Å². The van der Waals surface area contributed by atoms with Crippen molar-refractivity contribution in [3.05, 3.63) is 12.2 Å². The Morgan fingerprint density at radius 3 is 2.93 bits per heavy atom. The highest BCUT2D eigenvalue weighted by atomic mass is 16.6. The number of nitrogens with zero attached hydrogens (tertiary/aromatic N) is 1. The molecule has 80 valence electrons. The fraction of sp³-hybridized carbons (Fsp3) is 0.500. The monoisotopic (exact) mass is 209 g/mol. The summed E-state index contributed by atoms with van der Waals surface area (Å²) in [6.07, 6.45) is -0.356. The average Bonchev–Trinajstić information content (AvgIpc) is 2.20. The van der Waals surface area contributed by atoms with Crippen LogP contribution in [0.2, 0.25) is 0 Å². The van der Waals surface area contributed by atoms with E-state index in [0.717, 1.165) is 0 Å². The van der Waals surface area contributed by atoms with Crippen LogP contribution in [-0.4, -0.2) is 24.6 Å². The van der Waals surface area contributed by atoms with Crippen LogP contribution in [0, 0.1) is 17.2 Å². The largest absolute Gasteiger partial charge is 0.461 e. The smallest absolute Gasteiger partial charge is 0.333 e.